The molecule has 0 radical (unpaired) electrons. The number of aliphatic hydroxyl groups excluding tert-OH is 1. The molecule has 0 amide bonds. The second kappa shape index (κ2) is 5.80. The number of hydrogen-bond donors (Lipinski definition) is 2. The highest BCUT2D eigenvalue weighted by Gasteiger charge is 2.23. The summed E-state index contributed by atoms with van der Waals surface area (Å²) in [5.41, 5.74) is 0.604. The monoisotopic (exact) mass is 257 g/mol. The van der Waals surface area contributed by atoms with Gasteiger partial charge in [0, 0.05) is 16.6 Å². The van der Waals surface area contributed by atoms with Crippen LogP contribution in [0, 0.1) is 5.82 Å². The van der Waals surface area contributed by atoms with Gasteiger partial charge in [0.1, 0.15) is 5.82 Å². The van der Waals surface area contributed by atoms with E-state index in [0.717, 1.165) is 25.8 Å². The summed E-state index contributed by atoms with van der Waals surface area (Å²) in [7, 11) is 0. The fraction of sp³-hybridized carbons (Fsp3) is 0.538. The Hall–Kier alpha value is -0.640. The lowest BCUT2D eigenvalue weighted by Crippen LogP contribution is -2.34. The Morgan fingerprint density at radius 2 is 2.18 bits per heavy atom. The third-order valence-electron chi connectivity index (χ3n) is 3.26. The minimum atomic E-state index is -0.666. The molecule has 1 aliphatic heterocycles. The van der Waals surface area contributed by atoms with Crippen molar-refractivity contribution in [3.63, 3.8) is 0 Å². The van der Waals surface area contributed by atoms with Crippen molar-refractivity contribution >= 4 is 11.6 Å². The fourth-order valence-electron chi connectivity index (χ4n) is 2.28. The summed E-state index contributed by atoms with van der Waals surface area (Å²) in [6, 6.07) is 4.16. The molecule has 0 bridgehead atoms. The minimum absolute atomic E-state index is 0.0143. The number of aliphatic hydroxyl groups is 1. The van der Waals surface area contributed by atoms with Crippen LogP contribution in [-0.4, -0.2) is 17.7 Å². The van der Waals surface area contributed by atoms with Crippen LogP contribution in [0.5, 0.6) is 0 Å². The molecule has 2 N–H and O–H groups in total. The van der Waals surface area contributed by atoms with Crippen molar-refractivity contribution < 1.29 is 9.50 Å². The zero-order valence-corrected chi connectivity index (χ0v) is 10.4. The lowest BCUT2D eigenvalue weighted by Gasteiger charge is -2.23. The molecular weight excluding hydrogens is 241 g/mol. The summed E-state index contributed by atoms with van der Waals surface area (Å²) in [5.74, 6) is -0.375. The van der Waals surface area contributed by atoms with Crippen LogP contribution in [0.15, 0.2) is 18.2 Å². The van der Waals surface area contributed by atoms with E-state index in [0.29, 0.717) is 10.6 Å². The Balaban J connectivity index is 2.14. The highest BCUT2D eigenvalue weighted by Crippen LogP contribution is 2.28. The van der Waals surface area contributed by atoms with Crippen molar-refractivity contribution in [1.82, 2.24) is 5.32 Å². The molecule has 94 valence electrons. The van der Waals surface area contributed by atoms with E-state index in [4.69, 9.17) is 11.6 Å². The molecule has 2 unspecified atom stereocenters. The van der Waals surface area contributed by atoms with Crippen LogP contribution in [0.1, 0.15) is 37.4 Å². The normalized spacial score (nSPS) is 23.1. The Morgan fingerprint density at radius 1 is 1.35 bits per heavy atom. The Labute approximate surface area is 106 Å². The van der Waals surface area contributed by atoms with E-state index in [2.05, 4.69) is 5.32 Å². The number of halogens is 2. The molecule has 0 aliphatic carbocycles. The second-order valence-corrected chi connectivity index (χ2v) is 4.93. The van der Waals surface area contributed by atoms with Crippen molar-refractivity contribution in [3.8, 4) is 0 Å². The standard InChI is InChI=1S/C13H17ClFNO/c14-11-8-9(15)5-6-10(11)13(17)12-4-2-1-3-7-16-12/h5-6,8,12-13,16-17H,1-4,7H2. The van der Waals surface area contributed by atoms with Crippen LogP contribution >= 0.6 is 11.6 Å². The van der Waals surface area contributed by atoms with Crippen LogP contribution in [0.25, 0.3) is 0 Å². The SMILES string of the molecule is OC(c1ccc(F)cc1Cl)C1CCCCCN1. The third-order valence-corrected chi connectivity index (χ3v) is 3.59. The molecule has 2 rings (SSSR count). The lowest BCUT2D eigenvalue weighted by atomic mass is 9.98. The number of nitrogens with one attached hydrogen (secondary N) is 1. The third kappa shape index (κ3) is 3.18. The van der Waals surface area contributed by atoms with Crippen molar-refractivity contribution in [2.75, 3.05) is 6.54 Å². The van der Waals surface area contributed by atoms with Crippen molar-refractivity contribution in [1.29, 1.82) is 0 Å². The molecule has 1 aliphatic rings. The quantitative estimate of drug-likeness (QED) is 0.854. The number of hydrogen-bond acceptors (Lipinski definition) is 2. The van der Waals surface area contributed by atoms with Gasteiger partial charge in [-0.2, -0.15) is 0 Å². The Morgan fingerprint density at radius 3 is 2.94 bits per heavy atom. The molecule has 1 saturated heterocycles. The lowest BCUT2D eigenvalue weighted by molar-refractivity contribution is 0.126. The average molecular weight is 258 g/mol. The summed E-state index contributed by atoms with van der Waals surface area (Å²) >= 11 is 5.96. The maximum atomic E-state index is 12.9. The largest absolute Gasteiger partial charge is 0.387 e. The van der Waals surface area contributed by atoms with Gasteiger partial charge < -0.3 is 10.4 Å². The van der Waals surface area contributed by atoms with Gasteiger partial charge in [-0.3, -0.25) is 0 Å². The van der Waals surface area contributed by atoms with Crippen LogP contribution < -0.4 is 5.32 Å². The van der Waals surface area contributed by atoms with Gasteiger partial charge in [-0.05, 0) is 31.5 Å². The maximum Gasteiger partial charge on any atom is 0.124 e. The summed E-state index contributed by atoms with van der Waals surface area (Å²) in [5, 5.41) is 13.9. The van der Waals surface area contributed by atoms with Gasteiger partial charge in [-0.15, -0.1) is 0 Å². The van der Waals surface area contributed by atoms with Gasteiger partial charge in [-0.1, -0.05) is 30.5 Å². The first-order valence-electron chi connectivity index (χ1n) is 6.05. The van der Waals surface area contributed by atoms with E-state index < -0.39 is 6.10 Å². The predicted octanol–water partition coefficient (Wildman–Crippen LogP) is 3.04. The molecule has 0 aromatic heterocycles. The van der Waals surface area contributed by atoms with Crippen molar-refractivity contribution in [2.45, 2.75) is 37.8 Å². The molecule has 17 heavy (non-hydrogen) atoms. The maximum absolute atomic E-state index is 12.9. The first-order valence-corrected chi connectivity index (χ1v) is 6.42. The molecule has 1 fully saturated rings. The molecule has 1 heterocycles. The van der Waals surface area contributed by atoms with E-state index in [-0.39, 0.29) is 11.9 Å². The zero-order chi connectivity index (χ0) is 12.3. The molecular formula is C13H17ClFNO. The summed E-state index contributed by atoms with van der Waals surface area (Å²) in [6.07, 6.45) is 3.69. The van der Waals surface area contributed by atoms with Crippen LogP contribution in [0.3, 0.4) is 0 Å². The van der Waals surface area contributed by atoms with E-state index in [1.807, 2.05) is 0 Å². The highest BCUT2D eigenvalue weighted by molar-refractivity contribution is 6.31. The second-order valence-electron chi connectivity index (χ2n) is 4.52. The highest BCUT2D eigenvalue weighted by atomic mass is 35.5. The van der Waals surface area contributed by atoms with Crippen molar-refractivity contribution in [3.05, 3.63) is 34.6 Å². The zero-order valence-electron chi connectivity index (χ0n) is 9.63. The molecule has 0 saturated carbocycles. The Kier molecular flexibility index (Phi) is 4.37. The molecule has 4 heteroatoms. The van der Waals surface area contributed by atoms with Crippen LogP contribution in [-0.2, 0) is 0 Å². The summed E-state index contributed by atoms with van der Waals surface area (Å²) < 4.78 is 12.9. The molecule has 2 atom stereocenters. The van der Waals surface area contributed by atoms with Gasteiger partial charge in [-0.25, -0.2) is 4.39 Å². The van der Waals surface area contributed by atoms with Crippen LogP contribution in [0.4, 0.5) is 4.39 Å². The average Bonchev–Trinajstić information content (AvgIpc) is 2.56. The van der Waals surface area contributed by atoms with Crippen LogP contribution in [0.2, 0.25) is 5.02 Å². The fourth-order valence-corrected chi connectivity index (χ4v) is 2.56. The number of benzene rings is 1. The Bertz CT molecular complexity index is 378. The van der Waals surface area contributed by atoms with Gasteiger partial charge in [0.25, 0.3) is 0 Å². The van der Waals surface area contributed by atoms with Gasteiger partial charge >= 0.3 is 0 Å². The van der Waals surface area contributed by atoms with Gasteiger partial charge in [0.05, 0.1) is 6.10 Å². The van der Waals surface area contributed by atoms with E-state index in [1.165, 1.54) is 18.6 Å². The molecule has 1 aromatic rings. The summed E-state index contributed by atoms with van der Waals surface area (Å²) in [6.45, 7) is 0.917. The van der Waals surface area contributed by atoms with E-state index in [9.17, 15) is 9.50 Å². The molecule has 1 aromatic carbocycles. The van der Waals surface area contributed by atoms with E-state index >= 15 is 0 Å². The van der Waals surface area contributed by atoms with Gasteiger partial charge in [0.15, 0.2) is 0 Å². The first-order chi connectivity index (χ1) is 8.18. The van der Waals surface area contributed by atoms with Gasteiger partial charge in [0.2, 0.25) is 0 Å². The molecule has 2 nitrogen and oxygen atoms in total. The summed E-state index contributed by atoms with van der Waals surface area (Å²) in [4.78, 5) is 0. The van der Waals surface area contributed by atoms with Crippen molar-refractivity contribution in [2.24, 2.45) is 0 Å². The predicted molar refractivity (Wildman–Crippen MR) is 66.6 cm³/mol. The smallest absolute Gasteiger partial charge is 0.124 e. The molecule has 0 spiro atoms. The number of rotatable bonds is 2. The topological polar surface area (TPSA) is 32.3 Å². The first kappa shape index (κ1) is 12.8. The minimum Gasteiger partial charge on any atom is -0.387 e. The van der Waals surface area contributed by atoms with E-state index in [1.54, 1.807) is 6.07 Å².